The molecule has 0 spiro atoms. The zero-order valence-electron chi connectivity index (χ0n) is 8.76. The average molecular weight is 202 g/mol. The third-order valence-corrected chi connectivity index (χ3v) is 2.72. The van der Waals surface area contributed by atoms with E-state index in [2.05, 4.69) is 4.98 Å². The number of carboxylic acid groups (broad SMARTS) is 1. The lowest BCUT2D eigenvalue weighted by molar-refractivity contribution is -0.304. The quantitative estimate of drug-likeness (QED) is 0.792. The maximum Gasteiger partial charge on any atom is 0.0458 e. The molecule has 0 amide bonds. The molecule has 0 aliphatic heterocycles. The summed E-state index contributed by atoms with van der Waals surface area (Å²) in [5.41, 5.74) is 4.12. The Morgan fingerprint density at radius 2 is 2.13 bits per heavy atom. The summed E-state index contributed by atoms with van der Waals surface area (Å²) >= 11 is 0. The van der Waals surface area contributed by atoms with Crippen LogP contribution >= 0.6 is 0 Å². The van der Waals surface area contributed by atoms with Crippen LogP contribution < -0.4 is 5.11 Å². The second-order valence-electron chi connectivity index (χ2n) is 3.80. The number of aryl methyl sites for hydroxylation is 2. The number of fused-ring (bicyclic) bond motifs is 1. The maximum atomic E-state index is 10.5. The molecule has 1 aromatic heterocycles. The Labute approximate surface area is 87.7 Å². The first-order valence-electron chi connectivity index (χ1n) is 4.85. The number of carbonyl (C=O) groups excluding carboxylic acids is 1. The van der Waals surface area contributed by atoms with Gasteiger partial charge in [-0.05, 0) is 37.1 Å². The van der Waals surface area contributed by atoms with E-state index in [1.807, 2.05) is 32.0 Å². The fraction of sp³-hybridized carbons (Fsp3) is 0.250. The molecule has 0 bridgehead atoms. The van der Waals surface area contributed by atoms with Gasteiger partial charge in [0.05, 0.1) is 0 Å². The Hall–Kier alpha value is -1.77. The molecule has 1 aromatic carbocycles. The van der Waals surface area contributed by atoms with Crippen molar-refractivity contribution in [2.75, 3.05) is 0 Å². The number of H-pyrrole nitrogens is 1. The van der Waals surface area contributed by atoms with Gasteiger partial charge in [-0.1, -0.05) is 6.07 Å². The Morgan fingerprint density at radius 3 is 2.80 bits per heavy atom. The van der Waals surface area contributed by atoms with E-state index in [4.69, 9.17) is 0 Å². The zero-order valence-corrected chi connectivity index (χ0v) is 8.76. The lowest BCUT2D eigenvalue weighted by Crippen LogP contribution is -2.24. The van der Waals surface area contributed by atoms with Gasteiger partial charge in [-0.15, -0.1) is 0 Å². The minimum Gasteiger partial charge on any atom is -0.550 e. The molecule has 78 valence electrons. The van der Waals surface area contributed by atoms with E-state index in [-0.39, 0.29) is 6.42 Å². The molecular weight excluding hydrogens is 190 g/mol. The van der Waals surface area contributed by atoms with Gasteiger partial charge < -0.3 is 14.9 Å². The van der Waals surface area contributed by atoms with Crippen LogP contribution in [0.15, 0.2) is 18.2 Å². The van der Waals surface area contributed by atoms with Gasteiger partial charge in [0.15, 0.2) is 0 Å². The SMILES string of the molecule is Cc1[nH]c2ccc(CC(=O)[O-])cc2c1C. The molecule has 0 fully saturated rings. The fourth-order valence-electron chi connectivity index (χ4n) is 1.79. The number of carboxylic acids is 1. The van der Waals surface area contributed by atoms with Crippen LogP contribution in [0.1, 0.15) is 16.8 Å². The molecule has 0 saturated heterocycles. The van der Waals surface area contributed by atoms with Crippen LogP contribution in [0.3, 0.4) is 0 Å². The highest BCUT2D eigenvalue weighted by atomic mass is 16.4. The summed E-state index contributed by atoms with van der Waals surface area (Å²) in [4.78, 5) is 13.7. The Morgan fingerprint density at radius 1 is 1.40 bits per heavy atom. The number of carbonyl (C=O) groups is 1. The molecule has 0 radical (unpaired) electrons. The van der Waals surface area contributed by atoms with Crippen molar-refractivity contribution in [2.24, 2.45) is 0 Å². The Kier molecular flexibility index (Phi) is 2.23. The van der Waals surface area contributed by atoms with Gasteiger partial charge in [0.25, 0.3) is 0 Å². The van der Waals surface area contributed by atoms with Crippen LogP contribution in [0.5, 0.6) is 0 Å². The number of aliphatic carboxylic acids is 1. The third-order valence-electron chi connectivity index (χ3n) is 2.72. The van der Waals surface area contributed by atoms with Gasteiger partial charge in [0, 0.05) is 29.0 Å². The van der Waals surface area contributed by atoms with E-state index in [9.17, 15) is 9.90 Å². The largest absolute Gasteiger partial charge is 0.550 e. The van der Waals surface area contributed by atoms with Crippen LogP contribution in [-0.2, 0) is 11.2 Å². The minimum atomic E-state index is -1.04. The summed E-state index contributed by atoms with van der Waals surface area (Å²) in [5, 5.41) is 11.6. The van der Waals surface area contributed by atoms with Crippen LogP contribution in [0, 0.1) is 13.8 Å². The van der Waals surface area contributed by atoms with Crippen molar-refractivity contribution in [3.05, 3.63) is 35.0 Å². The van der Waals surface area contributed by atoms with Gasteiger partial charge in [-0.25, -0.2) is 0 Å². The Bertz CT molecular complexity index is 526. The number of aromatic amines is 1. The van der Waals surface area contributed by atoms with E-state index in [0.717, 1.165) is 22.2 Å². The Balaban J connectivity index is 2.54. The second kappa shape index (κ2) is 3.42. The van der Waals surface area contributed by atoms with Crippen molar-refractivity contribution >= 4 is 16.9 Å². The number of rotatable bonds is 2. The highest BCUT2D eigenvalue weighted by Crippen LogP contribution is 2.22. The highest BCUT2D eigenvalue weighted by Gasteiger charge is 2.04. The van der Waals surface area contributed by atoms with E-state index >= 15 is 0 Å². The molecule has 0 atom stereocenters. The van der Waals surface area contributed by atoms with Crippen LogP contribution in [-0.4, -0.2) is 11.0 Å². The number of benzene rings is 1. The maximum absolute atomic E-state index is 10.5. The normalized spacial score (nSPS) is 10.8. The predicted molar refractivity (Wildman–Crippen MR) is 56.5 cm³/mol. The summed E-state index contributed by atoms with van der Waals surface area (Å²) < 4.78 is 0. The average Bonchev–Trinajstić information content (AvgIpc) is 2.43. The summed E-state index contributed by atoms with van der Waals surface area (Å²) in [6.45, 7) is 4.03. The highest BCUT2D eigenvalue weighted by molar-refractivity contribution is 5.85. The molecule has 0 aliphatic rings. The summed E-state index contributed by atoms with van der Waals surface area (Å²) in [6.07, 6.45) is -0.0282. The van der Waals surface area contributed by atoms with Gasteiger partial charge in [-0.2, -0.15) is 0 Å². The number of aromatic nitrogens is 1. The van der Waals surface area contributed by atoms with E-state index in [1.165, 1.54) is 5.56 Å². The van der Waals surface area contributed by atoms with Crippen molar-refractivity contribution in [1.82, 2.24) is 4.98 Å². The van der Waals surface area contributed by atoms with Crippen LogP contribution in [0.2, 0.25) is 0 Å². The first kappa shape index (κ1) is 9.77. The topological polar surface area (TPSA) is 55.9 Å². The summed E-state index contributed by atoms with van der Waals surface area (Å²) in [6, 6.07) is 5.63. The van der Waals surface area contributed by atoms with E-state index in [0.29, 0.717) is 0 Å². The lowest BCUT2D eigenvalue weighted by atomic mass is 10.1. The molecule has 1 N–H and O–H groups in total. The molecule has 0 unspecified atom stereocenters. The molecule has 15 heavy (non-hydrogen) atoms. The molecular formula is C12H12NO2-. The van der Waals surface area contributed by atoms with Crippen molar-refractivity contribution < 1.29 is 9.90 Å². The van der Waals surface area contributed by atoms with E-state index in [1.54, 1.807) is 0 Å². The number of nitrogens with one attached hydrogen (secondary N) is 1. The van der Waals surface area contributed by atoms with E-state index < -0.39 is 5.97 Å². The number of hydrogen-bond acceptors (Lipinski definition) is 2. The van der Waals surface area contributed by atoms with Crippen LogP contribution in [0.4, 0.5) is 0 Å². The molecule has 1 heterocycles. The van der Waals surface area contributed by atoms with Crippen molar-refractivity contribution in [3.8, 4) is 0 Å². The van der Waals surface area contributed by atoms with Crippen molar-refractivity contribution in [2.45, 2.75) is 20.3 Å². The first-order valence-corrected chi connectivity index (χ1v) is 4.85. The first-order chi connectivity index (χ1) is 7.08. The molecule has 2 rings (SSSR count). The minimum absolute atomic E-state index is 0.0282. The molecule has 3 heteroatoms. The van der Waals surface area contributed by atoms with Crippen molar-refractivity contribution in [3.63, 3.8) is 0 Å². The summed E-state index contributed by atoms with van der Waals surface area (Å²) in [7, 11) is 0. The molecule has 0 saturated carbocycles. The molecule has 3 nitrogen and oxygen atoms in total. The molecule has 0 aliphatic carbocycles. The van der Waals surface area contributed by atoms with Gasteiger partial charge in [0.1, 0.15) is 0 Å². The second-order valence-corrected chi connectivity index (χ2v) is 3.80. The zero-order chi connectivity index (χ0) is 11.0. The predicted octanol–water partition coefficient (Wildman–Crippen LogP) is 1.08. The van der Waals surface area contributed by atoms with Gasteiger partial charge >= 0.3 is 0 Å². The monoisotopic (exact) mass is 202 g/mol. The number of hydrogen-bond donors (Lipinski definition) is 1. The third kappa shape index (κ3) is 1.73. The van der Waals surface area contributed by atoms with Crippen molar-refractivity contribution in [1.29, 1.82) is 0 Å². The summed E-state index contributed by atoms with van der Waals surface area (Å²) in [5.74, 6) is -1.04. The smallest absolute Gasteiger partial charge is 0.0458 e. The van der Waals surface area contributed by atoms with Gasteiger partial charge in [-0.3, -0.25) is 0 Å². The van der Waals surface area contributed by atoms with Gasteiger partial charge in [0.2, 0.25) is 0 Å². The fourth-order valence-corrected chi connectivity index (χ4v) is 1.79. The standard InChI is InChI=1S/C12H13NO2/c1-7-8(2)13-11-4-3-9(5-10(7)11)6-12(14)15/h3-5,13H,6H2,1-2H3,(H,14,15)/p-1. The lowest BCUT2D eigenvalue weighted by Gasteiger charge is -2.02. The molecule has 2 aromatic rings. The van der Waals surface area contributed by atoms with Crippen LogP contribution in [0.25, 0.3) is 10.9 Å².